The van der Waals surface area contributed by atoms with Crippen LogP contribution in [0.15, 0.2) is 36.4 Å². The minimum absolute atomic E-state index is 0.0967. The second kappa shape index (κ2) is 12.1. The number of sulfonamides is 1. The summed E-state index contributed by atoms with van der Waals surface area (Å²) in [5, 5.41) is 15.5. The van der Waals surface area contributed by atoms with E-state index in [1.807, 2.05) is 0 Å². The number of carboxylic acid groups (broad SMARTS) is 1. The molecule has 232 valence electrons. The standard InChI is InChI=1S/C30H37FN4O7S/c1-18-6-8-19(9-7-18)26(33-27(36)20-4-3-5-21(14-20)34-43(2,40)41)28(37)32-22-15-23(31)25-24(16-22)35(29(38)39)17-30(25)10-12-42-13-11-30/h3-5,14-16,18-19,26,34H,6-13,17H2,1-2H3,(H,32,37)(H,33,36)(H,38,39). The Bertz CT molecular complexity index is 1520. The highest BCUT2D eigenvalue weighted by Crippen LogP contribution is 2.49. The minimum Gasteiger partial charge on any atom is -0.465 e. The van der Waals surface area contributed by atoms with Crippen LogP contribution in [0, 0.1) is 17.7 Å². The molecule has 1 spiro atoms. The number of nitrogens with zero attached hydrogens (tertiary/aromatic N) is 1. The molecule has 1 unspecified atom stereocenters. The Balaban J connectivity index is 1.41. The Morgan fingerprint density at radius 1 is 1.07 bits per heavy atom. The van der Waals surface area contributed by atoms with Gasteiger partial charge in [-0.05, 0) is 67.9 Å². The topological polar surface area (TPSA) is 154 Å². The maximum absolute atomic E-state index is 15.7. The lowest BCUT2D eigenvalue weighted by Gasteiger charge is -2.34. The highest BCUT2D eigenvalue weighted by atomic mass is 32.2. The molecular formula is C30H37FN4O7S. The fourth-order valence-corrected chi connectivity index (χ4v) is 7.16. The van der Waals surface area contributed by atoms with E-state index in [2.05, 4.69) is 22.3 Å². The van der Waals surface area contributed by atoms with Crippen molar-refractivity contribution in [2.45, 2.75) is 56.9 Å². The second-order valence-electron chi connectivity index (χ2n) is 12.0. The lowest BCUT2D eigenvalue weighted by Crippen LogP contribution is -2.49. The number of hydrogen-bond donors (Lipinski definition) is 4. The van der Waals surface area contributed by atoms with Gasteiger partial charge in [0.05, 0.1) is 11.9 Å². The zero-order valence-electron chi connectivity index (χ0n) is 24.2. The Kier molecular flexibility index (Phi) is 8.66. The fourth-order valence-electron chi connectivity index (χ4n) is 6.61. The van der Waals surface area contributed by atoms with Crippen LogP contribution in [0.3, 0.4) is 0 Å². The van der Waals surface area contributed by atoms with Crippen LogP contribution in [0.4, 0.5) is 26.2 Å². The van der Waals surface area contributed by atoms with E-state index in [0.29, 0.717) is 50.4 Å². The Morgan fingerprint density at radius 3 is 2.42 bits per heavy atom. The first-order valence-corrected chi connectivity index (χ1v) is 16.4. The summed E-state index contributed by atoms with van der Waals surface area (Å²) in [5.41, 5.74) is 0.310. The van der Waals surface area contributed by atoms with E-state index in [4.69, 9.17) is 4.74 Å². The van der Waals surface area contributed by atoms with Crippen LogP contribution in [-0.4, -0.2) is 63.5 Å². The number of fused-ring (bicyclic) bond motifs is 2. The maximum Gasteiger partial charge on any atom is 0.411 e. The van der Waals surface area contributed by atoms with Gasteiger partial charge in [0.2, 0.25) is 15.9 Å². The van der Waals surface area contributed by atoms with Gasteiger partial charge in [0.25, 0.3) is 5.91 Å². The summed E-state index contributed by atoms with van der Waals surface area (Å²) in [4.78, 5) is 40.3. The third kappa shape index (κ3) is 6.77. The molecule has 1 saturated carbocycles. The predicted molar refractivity (Wildman–Crippen MR) is 159 cm³/mol. The molecule has 5 rings (SSSR count). The molecule has 2 aromatic rings. The third-order valence-corrected chi connectivity index (χ3v) is 9.44. The summed E-state index contributed by atoms with van der Waals surface area (Å²) in [7, 11) is -3.56. The van der Waals surface area contributed by atoms with Crippen LogP contribution in [0.25, 0.3) is 0 Å². The number of benzene rings is 2. The molecule has 2 heterocycles. The van der Waals surface area contributed by atoms with Crippen LogP contribution in [0.5, 0.6) is 0 Å². The largest absolute Gasteiger partial charge is 0.465 e. The smallest absolute Gasteiger partial charge is 0.411 e. The predicted octanol–water partition coefficient (Wildman–Crippen LogP) is 4.31. The Morgan fingerprint density at radius 2 is 1.77 bits per heavy atom. The summed E-state index contributed by atoms with van der Waals surface area (Å²) in [6.45, 7) is 3.05. The molecule has 43 heavy (non-hydrogen) atoms. The average Bonchev–Trinajstić information content (AvgIpc) is 3.25. The maximum atomic E-state index is 15.7. The van der Waals surface area contributed by atoms with Crippen molar-refractivity contribution in [1.82, 2.24) is 5.32 Å². The number of nitrogens with one attached hydrogen (secondary N) is 3. The van der Waals surface area contributed by atoms with Gasteiger partial charge in [-0.1, -0.05) is 25.8 Å². The number of halogens is 1. The summed E-state index contributed by atoms with van der Waals surface area (Å²) >= 11 is 0. The molecule has 0 radical (unpaired) electrons. The van der Waals surface area contributed by atoms with Gasteiger partial charge in [-0.2, -0.15) is 0 Å². The van der Waals surface area contributed by atoms with Crippen LogP contribution in [0.1, 0.15) is 61.4 Å². The van der Waals surface area contributed by atoms with Crippen molar-refractivity contribution >= 4 is 45.0 Å². The van der Waals surface area contributed by atoms with Crippen molar-refractivity contribution in [3.8, 4) is 0 Å². The number of rotatable bonds is 7. The van der Waals surface area contributed by atoms with Crippen LogP contribution < -0.4 is 20.3 Å². The Hall–Kier alpha value is -3.71. The summed E-state index contributed by atoms with van der Waals surface area (Å²) in [5.74, 6) is -1.40. The number of amides is 3. The van der Waals surface area contributed by atoms with Crippen molar-refractivity contribution in [1.29, 1.82) is 0 Å². The van der Waals surface area contributed by atoms with Gasteiger partial charge in [-0.3, -0.25) is 19.2 Å². The van der Waals surface area contributed by atoms with E-state index >= 15 is 4.39 Å². The lowest BCUT2D eigenvalue weighted by molar-refractivity contribution is -0.119. The Labute approximate surface area is 250 Å². The molecule has 0 aromatic heterocycles. The lowest BCUT2D eigenvalue weighted by atomic mass is 9.75. The zero-order chi connectivity index (χ0) is 30.9. The van der Waals surface area contributed by atoms with Gasteiger partial charge in [-0.15, -0.1) is 0 Å². The van der Waals surface area contributed by atoms with Crippen molar-refractivity contribution in [2.75, 3.05) is 41.0 Å². The van der Waals surface area contributed by atoms with Crippen LogP contribution in [-0.2, 0) is 25.0 Å². The van der Waals surface area contributed by atoms with Gasteiger partial charge in [0, 0.05) is 47.7 Å². The van der Waals surface area contributed by atoms with E-state index in [1.54, 1.807) is 0 Å². The van der Waals surface area contributed by atoms with Crippen molar-refractivity contribution in [3.05, 3.63) is 53.3 Å². The van der Waals surface area contributed by atoms with Crippen molar-refractivity contribution in [2.24, 2.45) is 11.8 Å². The number of ether oxygens (including phenoxy) is 1. The third-order valence-electron chi connectivity index (χ3n) is 8.83. The molecule has 3 aliphatic rings. The van der Waals surface area contributed by atoms with Gasteiger partial charge in [-0.25, -0.2) is 17.6 Å². The molecule has 1 atom stereocenters. The fraction of sp³-hybridized carbons (Fsp3) is 0.500. The first kappa shape index (κ1) is 30.7. The second-order valence-corrected chi connectivity index (χ2v) is 13.8. The average molecular weight is 617 g/mol. The van der Waals surface area contributed by atoms with Crippen LogP contribution in [0.2, 0.25) is 0 Å². The van der Waals surface area contributed by atoms with Crippen molar-refractivity contribution in [3.63, 3.8) is 0 Å². The first-order chi connectivity index (χ1) is 20.3. The number of hydrogen-bond acceptors (Lipinski definition) is 6. The minimum atomic E-state index is -3.56. The van der Waals surface area contributed by atoms with E-state index in [-0.39, 0.29) is 35.1 Å². The molecule has 0 bridgehead atoms. The monoisotopic (exact) mass is 616 g/mol. The van der Waals surface area contributed by atoms with Gasteiger partial charge >= 0.3 is 6.09 Å². The number of carbonyl (C=O) groups is 3. The van der Waals surface area contributed by atoms with Crippen molar-refractivity contribution < 1.29 is 37.0 Å². The molecule has 1 saturated heterocycles. The normalized spacial score (nSPS) is 22.0. The molecule has 11 nitrogen and oxygen atoms in total. The van der Waals surface area contributed by atoms with Gasteiger partial charge in [0.15, 0.2) is 0 Å². The van der Waals surface area contributed by atoms with Gasteiger partial charge in [0.1, 0.15) is 11.9 Å². The summed E-state index contributed by atoms with van der Waals surface area (Å²) in [6.07, 6.45) is 3.93. The molecule has 1 aliphatic carbocycles. The van der Waals surface area contributed by atoms with E-state index in [9.17, 15) is 27.9 Å². The molecule has 3 amide bonds. The number of carbonyl (C=O) groups excluding carboxylic acids is 2. The molecule has 4 N–H and O–H groups in total. The zero-order valence-corrected chi connectivity index (χ0v) is 25.0. The highest BCUT2D eigenvalue weighted by Gasteiger charge is 2.48. The molecular weight excluding hydrogens is 579 g/mol. The van der Waals surface area contributed by atoms with Gasteiger partial charge < -0.3 is 20.5 Å². The molecule has 2 fully saturated rings. The first-order valence-electron chi connectivity index (χ1n) is 14.5. The molecule has 13 heteroatoms. The van der Waals surface area contributed by atoms with Crippen LogP contribution >= 0.6 is 0 Å². The SMILES string of the molecule is CC1CCC(C(NC(=O)c2cccc(NS(C)(=O)=O)c2)C(=O)Nc2cc(F)c3c(c2)N(C(=O)O)CC32CCOCC2)CC1. The van der Waals surface area contributed by atoms with E-state index in [1.165, 1.54) is 36.4 Å². The summed E-state index contributed by atoms with van der Waals surface area (Å²) < 4.78 is 46.8. The highest BCUT2D eigenvalue weighted by molar-refractivity contribution is 7.92. The molecule has 2 aromatic carbocycles. The quantitative estimate of drug-likeness (QED) is 0.362. The van der Waals surface area contributed by atoms with E-state index < -0.39 is 45.2 Å². The number of anilines is 3. The summed E-state index contributed by atoms with van der Waals surface area (Å²) in [6, 6.07) is 7.68. The van der Waals surface area contributed by atoms with E-state index in [0.717, 1.165) is 24.0 Å². The molecule has 2 aliphatic heterocycles.